The van der Waals surface area contributed by atoms with Crippen LogP contribution >= 0.6 is 11.6 Å². The Kier molecular flexibility index (Phi) is 6.05. The van der Waals surface area contributed by atoms with E-state index in [4.69, 9.17) is 11.6 Å². The van der Waals surface area contributed by atoms with Crippen molar-refractivity contribution in [3.8, 4) is 0 Å². The number of carbonyl (C=O) groups is 2. The molecule has 1 atom stereocenters. The number of halogens is 1. The molecule has 0 aromatic heterocycles. The Morgan fingerprint density at radius 3 is 2.45 bits per heavy atom. The van der Waals surface area contributed by atoms with Gasteiger partial charge in [0, 0.05) is 0 Å². The zero-order chi connectivity index (χ0) is 23.1. The smallest absolute Gasteiger partial charge is 0.337 e. The molecule has 1 unspecified atom stereocenters. The van der Waals surface area contributed by atoms with Crippen LogP contribution in [0, 0.1) is 12.8 Å². The maximum Gasteiger partial charge on any atom is 0.337 e. The predicted molar refractivity (Wildman–Crippen MR) is 115 cm³/mol. The number of aryl methyl sites for hydroxylation is 1. The fraction of sp³-hybridized carbons (Fsp3) is 0.263. The lowest BCUT2D eigenvalue weighted by molar-refractivity contribution is -0.119. The van der Waals surface area contributed by atoms with Gasteiger partial charge in [-0.15, -0.1) is 0 Å². The summed E-state index contributed by atoms with van der Waals surface area (Å²) in [6.45, 7) is 2.99. The fourth-order valence-electron chi connectivity index (χ4n) is 3.20. The van der Waals surface area contributed by atoms with Crippen molar-refractivity contribution in [2.45, 2.75) is 18.7 Å². The van der Waals surface area contributed by atoms with E-state index in [1.807, 2.05) is 0 Å². The van der Waals surface area contributed by atoms with Crippen molar-refractivity contribution < 1.29 is 31.2 Å². The van der Waals surface area contributed by atoms with Crippen LogP contribution in [-0.2, 0) is 29.6 Å². The van der Waals surface area contributed by atoms with Gasteiger partial charge in [-0.25, -0.2) is 25.9 Å². The van der Waals surface area contributed by atoms with Gasteiger partial charge in [0.2, 0.25) is 15.9 Å². The van der Waals surface area contributed by atoms with Crippen LogP contribution in [0.15, 0.2) is 41.3 Å². The number of nitrogens with one attached hydrogen (secondary N) is 1. The zero-order valence-electron chi connectivity index (χ0n) is 16.7. The second-order valence-corrected chi connectivity index (χ2v) is 10.9. The van der Waals surface area contributed by atoms with E-state index in [0.29, 0.717) is 4.31 Å². The third kappa shape index (κ3) is 4.39. The highest BCUT2D eigenvalue weighted by Crippen LogP contribution is 2.32. The van der Waals surface area contributed by atoms with Gasteiger partial charge in [-0.05, 0) is 48.9 Å². The molecule has 1 heterocycles. The van der Waals surface area contributed by atoms with Crippen molar-refractivity contribution in [3.05, 3.63) is 52.5 Å². The molecule has 2 aromatic rings. The number of carbonyl (C=O) groups excluding carboxylic acids is 2. The summed E-state index contributed by atoms with van der Waals surface area (Å²) in [4.78, 5) is 23.8. The van der Waals surface area contributed by atoms with Crippen LogP contribution in [0.2, 0.25) is 5.02 Å². The van der Waals surface area contributed by atoms with Crippen molar-refractivity contribution in [2.75, 3.05) is 21.9 Å². The van der Waals surface area contributed by atoms with Gasteiger partial charge in [-0.2, -0.15) is 0 Å². The van der Waals surface area contributed by atoms with Crippen LogP contribution in [0.1, 0.15) is 22.8 Å². The SMILES string of the molecule is COC(=O)c1ccc(Cl)c(NS(=O)(=O)c2ccc(N3C(=O)C(C)CS3(=O)=O)cc2C)c1. The summed E-state index contributed by atoms with van der Waals surface area (Å²) in [5.74, 6) is -2.22. The highest BCUT2D eigenvalue weighted by Gasteiger charge is 2.42. The molecule has 31 heavy (non-hydrogen) atoms. The second kappa shape index (κ2) is 8.13. The summed E-state index contributed by atoms with van der Waals surface area (Å²) >= 11 is 6.06. The Morgan fingerprint density at radius 2 is 1.90 bits per heavy atom. The minimum atomic E-state index is -4.15. The quantitative estimate of drug-likeness (QED) is 0.643. The average molecular weight is 487 g/mol. The summed E-state index contributed by atoms with van der Waals surface area (Å²) in [6.07, 6.45) is 0. The lowest BCUT2D eigenvalue weighted by atomic mass is 10.2. The lowest BCUT2D eigenvalue weighted by Gasteiger charge is -2.18. The number of anilines is 2. The maximum absolute atomic E-state index is 12.9. The number of amides is 1. The van der Waals surface area contributed by atoms with Crippen LogP contribution in [0.4, 0.5) is 11.4 Å². The van der Waals surface area contributed by atoms with Crippen molar-refractivity contribution in [1.29, 1.82) is 0 Å². The fourth-order valence-corrected chi connectivity index (χ4v) is 6.53. The van der Waals surface area contributed by atoms with Crippen LogP contribution in [0.5, 0.6) is 0 Å². The number of benzene rings is 2. The van der Waals surface area contributed by atoms with Gasteiger partial charge in [0.1, 0.15) is 0 Å². The summed E-state index contributed by atoms with van der Waals surface area (Å²) in [5, 5.41) is 0.0632. The van der Waals surface area contributed by atoms with Crippen molar-refractivity contribution >= 4 is 54.9 Å². The highest BCUT2D eigenvalue weighted by molar-refractivity contribution is 7.94. The van der Waals surface area contributed by atoms with E-state index >= 15 is 0 Å². The molecule has 1 amide bonds. The third-order valence-electron chi connectivity index (χ3n) is 4.67. The van der Waals surface area contributed by atoms with Gasteiger partial charge in [-0.3, -0.25) is 9.52 Å². The Balaban J connectivity index is 1.97. The van der Waals surface area contributed by atoms with Gasteiger partial charge in [0.15, 0.2) is 0 Å². The van der Waals surface area contributed by atoms with E-state index in [0.717, 1.165) is 0 Å². The molecule has 0 bridgehead atoms. The van der Waals surface area contributed by atoms with Crippen LogP contribution in [0.3, 0.4) is 0 Å². The molecule has 2 aromatic carbocycles. The number of sulfonamides is 2. The van der Waals surface area contributed by atoms with E-state index < -0.39 is 37.8 Å². The first-order chi connectivity index (χ1) is 14.4. The molecular weight excluding hydrogens is 468 g/mol. The van der Waals surface area contributed by atoms with Crippen LogP contribution < -0.4 is 9.03 Å². The number of esters is 1. The number of rotatable bonds is 5. The first-order valence-electron chi connectivity index (χ1n) is 8.95. The molecule has 166 valence electrons. The largest absolute Gasteiger partial charge is 0.465 e. The summed E-state index contributed by atoms with van der Waals surface area (Å²) in [7, 11) is -6.77. The van der Waals surface area contributed by atoms with E-state index in [2.05, 4.69) is 9.46 Å². The van der Waals surface area contributed by atoms with E-state index in [1.165, 1.54) is 57.4 Å². The normalized spacial score (nSPS) is 18.1. The minimum absolute atomic E-state index is 0.0285. The second-order valence-electron chi connectivity index (χ2n) is 7.02. The molecule has 9 nitrogen and oxygen atoms in total. The van der Waals surface area contributed by atoms with E-state index in [-0.39, 0.29) is 38.2 Å². The highest BCUT2D eigenvalue weighted by atomic mass is 35.5. The van der Waals surface area contributed by atoms with Gasteiger partial charge in [-0.1, -0.05) is 18.5 Å². The Bertz CT molecular complexity index is 1290. The molecule has 12 heteroatoms. The zero-order valence-corrected chi connectivity index (χ0v) is 19.1. The standard InChI is InChI=1S/C19H19ClN2O7S2/c1-11-8-14(22-18(23)12(2)10-30(22,25)26)5-7-17(11)31(27,28)21-16-9-13(19(24)29-3)4-6-15(16)20/h4-9,12,21H,10H2,1-3H3. The Morgan fingerprint density at radius 1 is 1.23 bits per heavy atom. The summed E-state index contributed by atoms with van der Waals surface area (Å²) < 4.78 is 58.0. The van der Waals surface area contributed by atoms with Crippen molar-refractivity contribution in [1.82, 2.24) is 0 Å². The number of nitrogens with zero attached hydrogens (tertiary/aromatic N) is 1. The summed E-state index contributed by atoms with van der Waals surface area (Å²) in [5.41, 5.74) is 0.354. The lowest BCUT2D eigenvalue weighted by Crippen LogP contribution is -2.30. The van der Waals surface area contributed by atoms with Crippen LogP contribution in [0.25, 0.3) is 0 Å². The van der Waals surface area contributed by atoms with Crippen LogP contribution in [-0.4, -0.2) is 41.6 Å². The molecule has 0 saturated carbocycles. The molecule has 0 aliphatic carbocycles. The first kappa shape index (κ1) is 23.0. The van der Waals surface area contributed by atoms with Gasteiger partial charge in [0.05, 0.1) is 45.6 Å². The molecule has 1 N–H and O–H groups in total. The predicted octanol–water partition coefficient (Wildman–Crippen LogP) is 2.55. The van der Waals surface area contributed by atoms with Crippen molar-refractivity contribution in [2.24, 2.45) is 5.92 Å². The van der Waals surface area contributed by atoms with Gasteiger partial charge in [0.25, 0.3) is 10.0 Å². The number of ether oxygens (including phenoxy) is 1. The van der Waals surface area contributed by atoms with Gasteiger partial charge < -0.3 is 4.74 Å². The molecule has 0 radical (unpaired) electrons. The average Bonchev–Trinajstić information content (AvgIpc) is 2.89. The molecule has 1 aliphatic heterocycles. The number of hydrogen-bond donors (Lipinski definition) is 1. The molecule has 1 saturated heterocycles. The minimum Gasteiger partial charge on any atom is -0.465 e. The molecule has 1 fully saturated rings. The Hall–Kier alpha value is -2.63. The number of hydrogen-bond acceptors (Lipinski definition) is 7. The molecular formula is C19H19ClN2O7S2. The topological polar surface area (TPSA) is 127 Å². The van der Waals surface area contributed by atoms with Crippen molar-refractivity contribution in [3.63, 3.8) is 0 Å². The first-order valence-corrected chi connectivity index (χ1v) is 12.4. The Labute approximate surface area is 185 Å². The summed E-state index contributed by atoms with van der Waals surface area (Å²) in [6, 6.07) is 7.76. The molecule has 0 spiro atoms. The van der Waals surface area contributed by atoms with E-state index in [9.17, 15) is 26.4 Å². The van der Waals surface area contributed by atoms with Gasteiger partial charge >= 0.3 is 5.97 Å². The number of methoxy groups -OCH3 is 1. The third-order valence-corrected chi connectivity index (χ3v) is 8.40. The maximum atomic E-state index is 12.9. The van der Waals surface area contributed by atoms with E-state index in [1.54, 1.807) is 0 Å². The monoisotopic (exact) mass is 486 g/mol. The molecule has 1 aliphatic rings. The molecule has 3 rings (SSSR count).